The molecule has 0 aliphatic rings. The van der Waals surface area contributed by atoms with E-state index in [1.807, 2.05) is 79.9 Å². The first-order valence-corrected chi connectivity index (χ1v) is 15.3. The van der Waals surface area contributed by atoms with Gasteiger partial charge in [-0.3, -0.25) is 9.59 Å². The Morgan fingerprint density at radius 1 is 0.933 bits per heavy atom. The van der Waals surface area contributed by atoms with Gasteiger partial charge >= 0.3 is 5.97 Å². The Morgan fingerprint density at radius 2 is 1.64 bits per heavy atom. The maximum absolute atomic E-state index is 14.3. The number of benzene rings is 3. The average molecular weight is 617 g/mol. The Balaban J connectivity index is 1.94. The standard InChI is InChI=1S/C36H41FN2O6/c1-4-19-45-30-12-8-9-25(20-30)32-33(36(44)38-27-10-6-5-7-11-27)34(23(2)3)39(35(32)24-13-15-26(37)16-14-24)18-17-28(40)21-29(41)22-31(42)43/h5-16,20,23,28-29,40-41H,4,17-19,21-22H2,1-3H3,(H,38,44)(H,42,43)/t28-,29-/m1/s1. The van der Waals surface area contributed by atoms with E-state index in [-0.39, 0.29) is 31.2 Å². The summed E-state index contributed by atoms with van der Waals surface area (Å²) >= 11 is 0. The van der Waals surface area contributed by atoms with Gasteiger partial charge in [0.15, 0.2) is 0 Å². The number of nitrogens with zero attached hydrogens (tertiary/aromatic N) is 1. The number of ether oxygens (including phenoxy) is 1. The van der Waals surface area contributed by atoms with Crippen LogP contribution in [0.5, 0.6) is 5.75 Å². The summed E-state index contributed by atoms with van der Waals surface area (Å²) in [5.74, 6) is -1.37. The third-order valence-electron chi connectivity index (χ3n) is 7.46. The van der Waals surface area contributed by atoms with Crippen LogP contribution < -0.4 is 10.1 Å². The molecule has 0 saturated heterocycles. The second-order valence-corrected chi connectivity index (χ2v) is 11.4. The Kier molecular flexibility index (Phi) is 11.5. The minimum atomic E-state index is -1.20. The van der Waals surface area contributed by atoms with Crippen molar-refractivity contribution in [3.63, 3.8) is 0 Å². The third-order valence-corrected chi connectivity index (χ3v) is 7.46. The van der Waals surface area contributed by atoms with E-state index in [1.54, 1.807) is 12.1 Å². The van der Waals surface area contributed by atoms with Gasteiger partial charge in [-0.2, -0.15) is 0 Å². The lowest BCUT2D eigenvalue weighted by atomic mass is 9.94. The Hall–Kier alpha value is -4.47. The molecule has 0 fully saturated rings. The lowest BCUT2D eigenvalue weighted by Crippen LogP contribution is -2.22. The van der Waals surface area contributed by atoms with E-state index in [1.165, 1.54) is 12.1 Å². The first-order valence-electron chi connectivity index (χ1n) is 15.3. The number of hydrogen-bond donors (Lipinski definition) is 4. The number of carbonyl (C=O) groups is 2. The summed E-state index contributed by atoms with van der Waals surface area (Å²) in [5.41, 5.74) is 4.51. The van der Waals surface area contributed by atoms with Crippen LogP contribution in [0, 0.1) is 5.82 Å². The summed E-state index contributed by atoms with van der Waals surface area (Å²) in [7, 11) is 0. The number of carboxylic acids is 1. The van der Waals surface area contributed by atoms with Crippen LogP contribution in [0.3, 0.4) is 0 Å². The number of carbonyl (C=O) groups excluding carboxylic acids is 1. The number of para-hydroxylation sites is 1. The molecule has 4 N–H and O–H groups in total. The lowest BCUT2D eigenvalue weighted by molar-refractivity contribution is -0.139. The molecule has 9 heteroatoms. The van der Waals surface area contributed by atoms with Crippen molar-refractivity contribution in [1.82, 2.24) is 4.57 Å². The monoisotopic (exact) mass is 616 g/mol. The van der Waals surface area contributed by atoms with Crippen molar-refractivity contribution in [1.29, 1.82) is 0 Å². The fourth-order valence-electron chi connectivity index (χ4n) is 5.56. The molecule has 1 aromatic heterocycles. The summed E-state index contributed by atoms with van der Waals surface area (Å²) in [6.45, 7) is 6.76. The summed E-state index contributed by atoms with van der Waals surface area (Å²) in [6, 6.07) is 22.8. The second kappa shape index (κ2) is 15.5. The Morgan fingerprint density at radius 3 is 2.29 bits per heavy atom. The van der Waals surface area contributed by atoms with Gasteiger partial charge < -0.3 is 29.9 Å². The molecule has 0 saturated carbocycles. The molecule has 0 bridgehead atoms. The number of carboxylic acid groups (broad SMARTS) is 1. The summed E-state index contributed by atoms with van der Waals surface area (Å²) in [4.78, 5) is 25.3. The number of aliphatic hydroxyl groups is 2. The molecule has 45 heavy (non-hydrogen) atoms. The van der Waals surface area contributed by atoms with Crippen LogP contribution >= 0.6 is 0 Å². The average Bonchev–Trinajstić information content (AvgIpc) is 3.35. The second-order valence-electron chi connectivity index (χ2n) is 11.4. The SMILES string of the molecule is CCCOc1cccc(-c2c(C(=O)Nc3ccccc3)c(C(C)C)n(CC[C@@H](O)C[C@@H](O)CC(=O)O)c2-c2ccc(F)cc2)c1. The van der Waals surface area contributed by atoms with Crippen molar-refractivity contribution in [2.24, 2.45) is 0 Å². The Labute approximate surface area is 263 Å². The predicted octanol–water partition coefficient (Wildman–Crippen LogP) is 7.10. The molecular weight excluding hydrogens is 575 g/mol. The van der Waals surface area contributed by atoms with Crippen molar-refractivity contribution in [3.05, 3.63) is 95.9 Å². The highest BCUT2D eigenvalue weighted by molar-refractivity contribution is 6.12. The summed E-state index contributed by atoms with van der Waals surface area (Å²) in [5, 5.41) is 33.0. The molecule has 8 nitrogen and oxygen atoms in total. The van der Waals surface area contributed by atoms with Gasteiger partial charge in [0.05, 0.1) is 36.5 Å². The molecular formula is C36H41FN2O6. The highest BCUT2D eigenvalue weighted by Crippen LogP contribution is 2.43. The van der Waals surface area contributed by atoms with E-state index in [4.69, 9.17) is 9.84 Å². The van der Waals surface area contributed by atoms with E-state index in [0.717, 1.165) is 17.7 Å². The first kappa shape index (κ1) is 33.4. The zero-order valence-electron chi connectivity index (χ0n) is 25.9. The topological polar surface area (TPSA) is 121 Å². The fraction of sp³-hybridized carbons (Fsp3) is 0.333. The molecule has 4 rings (SSSR count). The van der Waals surface area contributed by atoms with E-state index >= 15 is 0 Å². The minimum Gasteiger partial charge on any atom is -0.494 e. The molecule has 0 aliphatic heterocycles. The van der Waals surface area contributed by atoms with E-state index in [2.05, 4.69) is 5.32 Å². The van der Waals surface area contributed by atoms with Crippen molar-refractivity contribution >= 4 is 17.6 Å². The largest absolute Gasteiger partial charge is 0.494 e. The van der Waals surface area contributed by atoms with Gasteiger partial charge in [0.2, 0.25) is 0 Å². The van der Waals surface area contributed by atoms with Crippen LogP contribution in [0.1, 0.15) is 68.4 Å². The number of aromatic nitrogens is 1. The molecule has 1 heterocycles. The van der Waals surface area contributed by atoms with Gasteiger partial charge in [0, 0.05) is 23.5 Å². The predicted molar refractivity (Wildman–Crippen MR) is 173 cm³/mol. The molecule has 4 aromatic rings. The van der Waals surface area contributed by atoms with Crippen molar-refractivity contribution in [2.75, 3.05) is 11.9 Å². The highest BCUT2D eigenvalue weighted by atomic mass is 19.1. The molecule has 0 unspecified atom stereocenters. The van der Waals surface area contributed by atoms with Gasteiger partial charge in [-0.25, -0.2) is 4.39 Å². The number of hydrogen-bond acceptors (Lipinski definition) is 5. The van der Waals surface area contributed by atoms with Crippen LogP contribution in [0.4, 0.5) is 10.1 Å². The number of anilines is 1. The molecule has 0 radical (unpaired) electrons. The van der Waals surface area contributed by atoms with Gasteiger partial charge in [0.25, 0.3) is 5.91 Å². The molecule has 1 amide bonds. The summed E-state index contributed by atoms with van der Waals surface area (Å²) in [6.07, 6.45) is -1.77. The van der Waals surface area contributed by atoms with Gasteiger partial charge in [0.1, 0.15) is 11.6 Å². The zero-order valence-corrected chi connectivity index (χ0v) is 25.9. The van der Waals surface area contributed by atoms with Crippen LogP contribution in [-0.2, 0) is 11.3 Å². The lowest BCUT2D eigenvalue weighted by Gasteiger charge is -2.20. The fourth-order valence-corrected chi connectivity index (χ4v) is 5.56. The van der Waals surface area contributed by atoms with Gasteiger partial charge in [-0.1, -0.05) is 51.1 Å². The number of rotatable bonds is 15. The van der Waals surface area contributed by atoms with Gasteiger partial charge in [-0.15, -0.1) is 0 Å². The van der Waals surface area contributed by atoms with Crippen molar-refractivity contribution < 1.29 is 34.0 Å². The first-order chi connectivity index (χ1) is 21.6. The molecule has 0 spiro atoms. The quantitative estimate of drug-likeness (QED) is 0.113. The van der Waals surface area contributed by atoms with Crippen LogP contribution in [0.2, 0.25) is 0 Å². The maximum Gasteiger partial charge on any atom is 0.305 e. The van der Waals surface area contributed by atoms with E-state index in [9.17, 15) is 24.2 Å². The van der Waals surface area contributed by atoms with Crippen LogP contribution in [0.25, 0.3) is 22.4 Å². The summed E-state index contributed by atoms with van der Waals surface area (Å²) < 4.78 is 22.1. The molecule has 0 aliphatic carbocycles. The van der Waals surface area contributed by atoms with Crippen molar-refractivity contribution in [2.45, 2.75) is 71.1 Å². The minimum absolute atomic E-state index is 0.110. The van der Waals surface area contributed by atoms with Crippen LogP contribution in [0.15, 0.2) is 78.9 Å². The van der Waals surface area contributed by atoms with Gasteiger partial charge in [-0.05, 0) is 84.8 Å². The Bertz CT molecular complexity index is 1580. The maximum atomic E-state index is 14.3. The smallest absolute Gasteiger partial charge is 0.305 e. The highest BCUT2D eigenvalue weighted by Gasteiger charge is 2.31. The molecule has 2 atom stereocenters. The van der Waals surface area contributed by atoms with Crippen LogP contribution in [-0.4, -0.2) is 50.6 Å². The molecule has 3 aromatic carbocycles. The normalized spacial score (nSPS) is 12.6. The van der Waals surface area contributed by atoms with E-state index < -0.39 is 30.4 Å². The third kappa shape index (κ3) is 8.59. The number of amides is 1. The number of aliphatic carboxylic acids is 1. The number of aliphatic hydroxyl groups excluding tert-OH is 2. The van der Waals surface area contributed by atoms with E-state index in [0.29, 0.717) is 40.4 Å². The van der Waals surface area contributed by atoms with Crippen molar-refractivity contribution in [3.8, 4) is 28.1 Å². The zero-order chi connectivity index (χ0) is 32.5. The number of nitrogens with one attached hydrogen (secondary N) is 1. The molecule has 238 valence electrons. The number of halogens is 1.